The third-order valence-electron chi connectivity index (χ3n) is 4.68. The summed E-state index contributed by atoms with van der Waals surface area (Å²) in [5.41, 5.74) is 1.15. The van der Waals surface area contributed by atoms with Gasteiger partial charge in [-0.05, 0) is 47.1 Å². The maximum absolute atomic E-state index is 10.8. The zero-order valence-corrected chi connectivity index (χ0v) is 12.3. The second-order valence-corrected chi connectivity index (χ2v) is 6.75. The van der Waals surface area contributed by atoms with E-state index < -0.39 is 0 Å². The molecular weight excluding hydrogens is 252 g/mol. The monoisotopic (exact) mass is 274 g/mol. The van der Waals surface area contributed by atoms with Crippen LogP contribution < -0.4 is 0 Å². The number of benzene rings is 1. The SMILES string of the molecule is CCC1CCCC(C(O)c2cccc3ccsc23)C1. The van der Waals surface area contributed by atoms with Crippen LogP contribution in [-0.2, 0) is 0 Å². The van der Waals surface area contributed by atoms with Gasteiger partial charge in [-0.3, -0.25) is 0 Å². The highest BCUT2D eigenvalue weighted by Crippen LogP contribution is 2.41. The molecule has 2 aromatic rings. The van der Waals surface area contributed by atoms with E-state index in [1.54, 1.807) is 11.3 Å². The van der Waals surface area contributed by atoms with Crippen LogP contribution in [0.25, 0.3) is 10.1 Å². The summed E-state index contributed by atoms with van der Waals surface area (Å²) in [4.78, 5) is 0. The van der Waals surface area contributed by atoms with Crippen molar-refractivity contribution in [2.75, 3.05) is 0 Å². The van der Waals surface area contributed by atoms with Gasteiger partial charge in [0.05, 0.1) is 6.10 Å². The first-order valence-electron chi connectivity index (χ1n) is 7.43. The topological polar surface area (TPSA) is 20.2 Å². The highest BCUT2D eigenvalue weighted by atomic mass is 32.1. The normalized spacial score (nSPS) is 25.6. The Kier molecular flexibility index (Phi) is 3.90. The summed E-state index contributed by atoms with van der Waals surface area (Å²) in [6.07, 6.45) is 5.98. The summed E-state index contributed by atoms with van der Waals surface area (Å²) < 4.78 is 1.27. The van der Waals surface area contributed by atoms with Crippen molar-refractivity contribution in [3.63, 3.8) is 0 Å². The molecule has 1 heterocycles. The molecule has 0 spiro atoms. The zero-order chi connectivity index (χ0) is 13.2. The van der Waals surface area contributed by atoms with E-state index in [0.717, 1.165) is 11.5 Å². The fourth-order valence-electron chi connectivity index (χ4n) is 3.49. The van der Waals surface area contributed by atoms with Crippen molar-refractivity contribution in [1.82, 2.24) is 0 Å². The Bertz CT molecular complexity index is 545. The van der Waals surface area contributed by atoms with Crippen LogP contribution in [0, 0.1) is 11.8 Å². The zero-order valence-electron chi connectivity index (χ0n) is 11.5. The number of aliphatic hydroxyl groups excluding tert-OH is 1. The van der Waals surface area contributed by atoms with E-state index in [1.807, 2.05) is 0 Å². The van der Waals surface area contributed by atoms with Crippen molar-refractivity contribution >= 4 is 21.4 Å². The molecule has 1 aliphatic rings. The van der Waals surface area contributed by atoms with Gasteiger partial charge in [-0.2, -0.15) is 0 Å². The van der Waals surface area contributed by atoms with Crippen LogP contribution >= 0.6 is 11.3 Å². The van der Waals surface area contributed by atoms with Crippen LogP contribution in [0.4, 0.5) is 0 Å². The van der Waals surface area contributed by atoms with Gasteiger partial charge < -0.3 is 5.11 Å². The third-order valence-corrected chi connectivity index (χ3v) is 5.65. The van der Waals surface area contributed by atoms with E-state index in [2.05, 4.69) is 36.6 Å². The highest BCUT2D eigenvalue weighted by Gasteiger charge is 2.28. The van der Waals surface area contributed by atoms with Gasteiger partial charge in [-0.15, -0.1) is 11.3 Å². The first-order chi connectivity index (χ1) is 9.29. The number of hydrogen-bond donors (Lipinski definition) is 1. The van der Waals surface area contributed by atoms with E-state index in [9.17, 15) is 5.11 Å². The first-order valence-corrected chi connectivity index (χ1v) is 8.31. The second kappa shape index (κ2) is 5.64. The largest absolute Gasteiger partial charge is 0.388 e. The fourth-order valence-corrected chi connectivity index (χ4v) is 4.44. The van der Waals surface area contributed by atoms with Crippen LogP contribution in [0.1, 0.15) is 50.7 Å². The molecule has 1 N–H and O–H groups in total. The number of fused-ring (bicyclic) bond motifs is 1. The van der Waals surface area contributed by atoms with Crippen LogP contribution in [-0.4, -0.2) is 5.11 Å². The van der Waals surface area contributed by atoms with Crippen molar-refractivity contribution in [2.24, 2.45) is 11.8 Å². The third kappa shape index (κ3) is 2.56. The van der Waals surface area contributed by atoms with Gasteiger partial charge in [0.25, 0.3) is 0 Å². The standard InChI is InChI=1S/C17H22OS/c1-2-12-5-3-7-14(11-12)16(18)15-8-4-6-13-9-10-19-17(13)15/h4,6,8-10,12,14,16,18H,2-3,5,7,11H2,1H3. The molecule has 19 heavy (non-hydrogen) atoms. The maximum Gasteiger partial charge on any atom is 0.0832 e. The van der Waals surface area contributed by atoms with Crippen LogP contribution in [0.15, 0.2) is 29.6 Å². The maximum atomic E-state index is 10.8. The van der Waals surface area contributed by atoms with Crippen molar-refractivity contribution in [3.8, 4) is 0 Å². The lowest BCUT2D eigenvalue weighted by atomic mass is 9.76. The summed E-state index contributed by atoms with van der Waals surface area (Å²) in [5, 5.41) is 14.2. The average molecular weight is 274 g/mol. The van der Waals surface area contributed by atoms with Gasteiger partial charge in [0.1, 0.15) is 0 Å². The summed E-state index contributed by atoms with van der Waals surface area (Å²) >= 11 is 1.75. The van der Waals surface area contributed by atoms with Crippen LogP contribution in [0.3, 0.4) is 0 Å². The first kappa shape index (κ1) is 13.1. The smallest absolute Gasteiger partial charge is 0.0832 e. The minimum absolute atomic E-state index is 0.281. The van der Waals surface area contributed by atoms with E-state index in [0.29, 0.717) is 5.92 Å². The Morgan fingerprint density at radius 3 is 3.05 bits per heavy atom. The predicted molar refractivity (Wildman–Crippen MR) is 82.5 cm³/mol. The second-order valence-electron chi connectivity index (χ2n) is 5.83. The average Bonchev–Trinajstić information content (AvgIpc) is 2.95. The Morgan fingerprint density at radius 1 is 1.32 bits per heavy atom. The Morgan fingerprint density at radius 2 is 2.21 bits per heavy atom. The van der Waals surface area contributed by atoms with Gasteiger partial charge in [0, 0.05) is 4.70 Å². The molecule has 1 aliphatic carbocycles. The van der Waals surface area contributed by atoms with Crippen molar-refractivity contribution < 1.29 is 5.11 Å². The minimum Gasteiger partial charge on any atom is -0.388 e. The molecule has 1 aromatic heterocycles. The lowest BCUT2D eigenvalue weighted by molar-refractivity contribution is 0.0690. The molecule has 102 valence electrons. The highest BCUT2D eigenvalue weighted by molar-refractivity contribution is 7.17. The van der Waals surface area contributed by atoms with Crippen molar-refractivity contribution in [2.45, 2.75) is 45.1 Å². The summed E-state index contributed by atoms with van der Waals surface area (Å²) in [6.45, 7) is 2.28. The number of rotatable bonds is 3. The van der Waals surface area contributed by atoms with Crippen LogP contribution in [0.2, 0.25) is 0 Å². The molecule has 1 nitrogen and oxygen atoms in total. The molecule has 0 aliphatic heterocycles. The van der Waals surface area contributed by atoms with Gasteiger partial charge in [0.2, 0.25) is 0 Å². The summed E-state index contributed by atoms with van der Waals surface area (Å²) in [6, 6.07) is 8.47. The minimum atomic E-state index is -0.281. The molecule has 3 rings (SSSR count). The Labute approximate surface area is 119 Å². The Hall–Kier alpha value is -0.860. The molecule has 0 amide bonds. The van der Waals surface area contributed by atoms with Crippen LogP contribution in [0.5, 0.6) is 0 Å². The molecule has 0 saturated heterocycles. The summed E-state index contributed by atoms with van der Waals surface area (Å²) in [7, 11) is 0. The molecule has 3 unspecified atom stereocenters. The molecule has 1 saturated carbocycles. The predicted octanol–water partition coefficient (Wildman–Crippen LogP) is 5.15. The molecule has 1 fully saturated rings. The lowest BCUT2D eigenvalue weighted by Crippen LogP contribution is -2.21. The number of thiophene rings is 1. The number of hydrogen-bond acceptors (Lipinski definition) is 2. The molecule has 0 bridgehead atoms. The molecule has 1 aromatic carbocycles. The van der Waals surface area contributed by atoms with E-state index >= 15 is 0 Å². The lowest BCUT2D eigenvalue weighted by Gasteiger charge is -2.32. The van der Waals surface area contributed by atoms with E-state index in [1.165, 1.54) is 42.2 Å². The summed E-state index contributed by atoms with van der Waals surface area (Å²) in [5.74, 6) is 1.27. The van der Waals surface area contributed by atoms with Crippen molar-refractivity contribution in [1.29, 1.82) is 0 Å². The molecular formula is C17H22OS. The van der Waals surface area contributed by atoms with E-state index in [4.69, 9.17) is 0 Å². The number of aliphatic hydroxyl groups is 1. The molecule has 0 radical (unpaired) electrons. The Balaban J connectivity index is 1.86. The van der Waals surface area contributed by atoms with Crippen molar-refractivity contribution in [3.05, 3.63) is 35.2 Å². The quantitative estimate of drug-likeness (QED) is 0.820. The van der Waals surface area contributed by atoms with Gasteiger partial charge in [-0.1, -0.05) is 44.4 Å². The fraction of sp³-hybridized carbons (Fsp3) is 0.529. The van der Waals surface area contributed by atoms with Gasteiger partial charge in [-0.25, -0.2) is 0 Å². The van der Waals surface area contributed by atoms with Gasteiger partial charge in [0.15, 0.2) is 0 Å². The van der Waals surface area contributed by atoms with Gasteiger partial charge >= 0.3 is 0 Å². The molecule has 3 atom stereocenters. The van der Waals surface area contributed by atoms with E-state index in [-0.39, 0.29) is 6.10 Å². The molecule has 2 heteroatoms.